The van der Waals surface area contributed by atoms with Gasteiger partial charge in [-0.2, -0.15) is 0 Å². The van der Waals surface area contributed by atoms with Crippen molar-refractivity contribution in [2.24, 2.45) is 0 Å². The quantitative estimate of drug-likeness (QED) is 0.709. The van der Waals surface area contributed by atoms with Crippen LogP contribution in [0.3, 0.4) is 0 Å². The van der Waals surface area contributed by atoms with Gasteiger partial charge in [-0.1, -0.05) is 36.4 Å². The van der Waals surface area contributed by atoms with Crippen LogP contribution in [-0.4, -0.2) is 68.0 Å². The molecule has 7 heteroatoms. The molecule has 29 heavy (non-hydrogen) atoms. The first-order valence-electron chi connectivity index (χ1n) is 9.81. The summed E-state index contributed by atoms with van der Waals surface area (Å²) in [6.45, 7) is 4.33. The van der Waals surface area contributed by atoms with E-state index in [0.29, 0.717) is 25.4 Å². The summed E-state index contributed by atoms with van der Waals surface area (Å²) in [7, 11) is 1.60. The number of nitrogens with zero attached hydrogens (tertiary/aromatic N) is 2. The second-order valence-electron chi connectivity index (χ2n) is 7.09. The van der Waals surface area contributed by atoms with Crippen LogP contribution >= 0.6 is 0 Å². The highest BCUT2D eigenvalue weighted by Gasteiger charge is 2.20. The number of piperazine rings is 1. The topological polar surface area (TPSA) is 73.9 Å². The molecule has 0 atom stereocenters. The first-order valence-corrected chi connectivity index (χ1v) is 9.81. The maximum absolute atomic E-state index is 12.3. The van der Waals surface area contributed by atoms with Crippen LogP contribution in [-0.2, 0) is 16.1 Å². The van der Waals surface area contributed by atoms with Gasteiger partial charge in [-0.05, 0) is 17.7 Å². The van der Waals surface area contributed by atoms with Crippen molar-refractivity contribution in [2.45, 2.75) is 6.54 Å². The number of amides is 2. The lowest BCUT2D eigenvalue weighted by Crippen LogP contribution is -2.50. The molecule has 1 fully saturated rings. The molecule has 0 unspecified atom stereocenters. The Morgan fingerprint density at radius 3 is 2.21 bits per heavy atom. The molecule has 1 saturated heterocycles. The van der Waals surface area contributed by atoms with E-state index in [1.165, 1.54) is 0 Å². The molecule has 0 aromatic heterocycles. The molecule has 0 saturated carbocycles. The lowest BCUT2D eigenvalue weighted by molar-refractivity contribution is -0.123. The van der Waals surface area contributed by atoms with E-state index >= 15 is 0 Å². The molecule has 1 aliphatic heterocycles. The highest BCUT2D eigenvalue weighted by Crippen LogP contribution is 2.16. The number of carbonyl (C=O) groups excluding carboxylic acids is 2. The maximum atomic E-state index is 12.3. The Morgan fingerprint density at radius 1 is 0.897 bits per heavy atom. The predicted octanol–water partition coefficient (Wildman–Crippen LogP) is 1.57. The van der Waals surface area contributed by atoms with Crippen LogP contribution in [0.2, 0.25) is 0 Å². The second-order valence-corrected chi connectivity index (χ2v) is 7.09. The molecule has 0 spiro atoms. The molecule has 7 nitrogen and oxygen atoms in total. The number of rotatable bonds is 8. The third-order valence-corrected chi connectivity index (χ3v) is 4.89. The minimum atomic E-state index is -0.0488. The van der Waals surface area contributed by atoms with Gasteiger partial charge in [0.15, 0.2) is 0 Å². The highest BCUT2D eigenvalue weighted by atomic mass is 16.5. The molecule has 2 aromatic carbocycles. The van der Waals surface area contributed by atoms with Crippen molar-refractivity contribution in [1.82, 2.24) is 15.1 Å². The van der Waals surface area contributed by atoms with Crippen LogP contribution < -0.4 is 15.4 Å². The summed E-state index contributed by atoms with van der Waals surface area (Å²) in [5.41, 5.74) is 1.82. The molecule has 1 aliphatic rings. The SMILES string of the molecule is COc1cccc(NC(=O)CN2CCN(CC(=O)NCc3ccccc3)CC2)c1. The monoisotopic (exact) mass is 396 g/mol. The van der Waals surface area contributed by atoms with Crippen molar-refractivity contribution >= 4 is 17.5 Å². The van der Waals surface area contributed by atoms with Gasteiger partial charge in [-0.3, -0.25) is 19.4 Å². The summed E-state index contributed by atoms with van der Waals surface area (Å²) in [5, 5.41) is 5.86. The Labute approximate surface area is 171 Å². The van der Waals surface area contributed by atoms with E-state index in [1.54, 1.807) is 13.2 Å². The van der Waals surface area contributed by atoms with Gasteiger partial charge < -0.3 is 15.4 Å². The minimum Gasteiger partial charge on any atom is -0.497 e. The average Bonchev–Trinajstić information content (AvgIpc) is 2.74. The van der Waals surface area contributed by atoms with Crippen molar-refractivity contribution in [3.63, 3.8) is 0 Å². The zero-order chi connectivity index (χ0) is 20.5. The minimum absolute atomic E-state index is 0.0260. The number of benzene rings is 2. The van der Waals surface area contributed by atoms with E-state index in [9.17, 15) is 9.59 Å². The van der Waals surface area contributed by atoms with Gasteiger partial charge in [0.2, 0.25) is 11.8 Å². The number of methoxy groups -OCH3 is 1. The van der Waals surface area contributed by atoms with Gasteiger partial charge in [0.25, 0.3) is 0 Å². The Kier molecular flexibility index (Phi) is 7.61. The molecule has 2 N–H and O–H groups in total. The smallest absolute Gasteiger partial charge is 0.238 e. The average molecular weight is 396 g/mol. The van der Waals surface area contributed by atoms with E-state index in [4.69, 9.17) is 4.74 Å². The Bertz CT molecular complexity index is 805. The van der Waals surface area contributed by atoms with Gasteiger partial charge in [0, 0.05) is 44.5 Å². The predicted molar refractivity (Wildman–Crippen MR) is 113 cm³/mol. The van der Waals surface area contributed by atoms with Gasteiger partial charge in [0.05, 0.1) is 20.2 Å². The Morgan fingerprint density at radius 2 is 1.55 bits per heavy atom. The van der Waals surface area contributed by atoms with E-state index in [-0.39, 0.29) is 11.8 Å². The summed E-state index contributed by atoms with van der Waals surface area (Å²) in [4.78, 5) is 28.7. The van der Waals surface area contributed by atoms with Gasteiger partial charge in [0.1, 0.15) is 5.75 Å². The summed E-state index contributed by atoms with van der Waals surface area (Å²) in [6, 6.07) is 17.2. The number of ether oxygens (including phenoxy) is 1. The molecule has 1 heterocycles. The number of hydrogen-bond donors (Lipinski definition) is 2. The second kappa shape index (κ2) is 10.6. The first kappa shape index (κ1) is 20.8. The third kappa shape index (κ3) is 6.89. The lowest BCUT2D eigenvalue weighted by Gasteiger charge is -2.33. The highest BCUT2D eigenvalue weighted by molar-refractivity contribution is 5.92. The van der Waals surface area contributed by atoms with E-state index in [2.05, 4.69) is 20.4 Å². The Balaban J connectivity index is 1.35. The lowest BCUT2D eigenvalue weighted by atomic mass is 10.2. The molecular formula is C22H28N4O3. The molecule has 0 radical (unpaired) electrons. The zero-order valence-corrected chi connectivity index (χ0v) is 16.8. The summed E-state index contributed by atoms with van der Waals surface area (Å²) in [6.07, 6.45) is 0. The summed E-state index contributed by atoms with van der Waals surface area (Å²) < 4.78 is 5.17. The van der Waals surface area contributed by atoms with Crippen molar-refractivity contribution in [2.75, 3.05) is 51.7 Å². The number of anilines is 1. The van der Waals surface area contributed by atoms with Gasteiger partial charge >= 0.3 is 0 Å². The van der Waals surface area contributed by atoms with Gasteiger partial charge in [-0.15, -0.1) is 0 Å². The van der Waals surface area contributed by atoms with Crippen LogP contribution in [0, 0.1) is 0 Å². The fourth-order valence-electron chi connectivity index (χ4n) is 3.27. The maximum Gasteiger partial charge on any atom is 0.238 e. The van der Waals surface area contributed by atoms with Crippen LogP contribution in [0.5, 0.6) is 5.75 Å². The van der Waals surface area contributed by atoms with Crippen LogP contribution in [0.15, 0.2) is 54.6 Å². The molecular weight excluding hydrogens is 368 g/mol. The summed E-state index contributed by atoms with van der Waals surface area (Å²) in [5.74, 6) is 0.687. The summed E-state index contributed by atoms with van der Waals surface area (Å²) >= 11 is 0. The van der Waals surface area contributed by atoms with Crippen molar-refractivity contribution in [1.29, 1.82) is 0 Å². The number of carbonyl (C=O) groups is 2. The van der Waals surface area contributed by atoms with E-state index in [1.807, 2.05) is 48.5 Å². The van der Waals surface area contributed by atoms with Crippen LogP contribution in [0.4, 0.5) is 5.69 Å². The molecule has 2 aromatic rings. The fraction of sp³-hybridized carbons (Fsp3) is 0.364. The molecule has 2 amide bonds. The van der Waals surface area contributed by atoms with Gasteiger partial charge in [-0.25, -0.2) is 0 Å². The van der Waals surface area contributed by atoms with Crippen LogP contribution in [0.25, 0.3) is 0 Å². The molecule has 0 bridgehead atoms. The van der Waals surface area contributed by atoms with Crippen molar-refractivity contribution < 1.29 is 14.3 Å². The number of hydrogen-bond acceptors (Lipinski definition) is 5. The van der Waals surface area contributed by atoms with Crippen molar-refractivity contribution in [3.05, 3.63) is 60.2 Å². The normalized spacial score (nSPS) is 14.9. The number of nitrogens with one attached hydrogen (secondary N) is 2. The van der Waals surface area contributed by atoms with E-state index < -0.39 is 0 Å². The molecule has 3 rings (SSSR count). The van der Waals surface area contributed by atoms with E-state index in [0.717, 1.165) is 37.4 Å². The standard InChI is InChI=1S/C22H28N4O3/c1-29-20-9-5-8-19(14-20)24-22(28)17-26-12-10-25(11-13-26)16-21(27)23-15-18-6-3-2-4-7-18/h2-9,14H,10-13,15-17H2,1H3,(H,23,27)(H,24,28). The Hall–Kier alpha value is -2.90. The molecule has 0 aliphatic carbocycles. The van der Waals surface area contributed by atoms with Crippen molar-refractivity contribution in [3.8, 4) is 5.75 Å². The largest absolute Gasteiger partial charge is 0.497 e. The fourth-order valence-corrected chi connectivity index (χ4v) is 3.27. The zero-order valence-electron chi connectivity index (χ0n) is 16.8. The first-order chi connectivity index (χ1) is 14.1. The van der Waals surface area contributed by atoms with Crippen LogP contribution in [0.1, 0.15) is 5.56 Å². The molecule has 154 valence electrons. The third-order valence-electron chi connectivity index (χ3n) is 4.89.